The molecule has 0 aliphatic heterocycles. The highest BCUT2D eigenvalue weighted by molar-refractivity contribution is 8.10. The lowest BCUT2D eigenvalue weighted by Gasteiger charge is -2.43. The van der Waals surface area contributed by atoms with Crippen LogP contribution in [0.3, 0.4) is 0 Å². The minimum absolute atomic E-state index is 0.438. The van der Waals surface area contributed by atoms with Gasteiger partial charge < -0.3 is 0 Å². The Bertz CT molecular complexity index is 383. The molecule has 21 heavy (non-hydrogen) atoms. The molecular formula is C15H24N2S4+2. The van der Waals surface area contributed by atoms with Crippen LogP contribution in [0.15, 0.2) is 50.6 Å². The third kappa shape index (κ3) is 5.47. The van der Waals surface area contributed by atoms with E-state index in [0.29, 0.717) is 50.5 Å². The first-order valence-corrected chi connectivity index (χ1v) is 8.18. The van der Waals surface area contributed by atoms with E-state index in [2.05, 4.69) is 51.6 Å². The van der Waals surface area contributed by atoms with Crippen molar-refractivity contribution in [2.24, 2.45) is 0 Å². The molecule has 0 aliphatic rings. The van der Waals surface area contributed by atoms with Crippen LogP contribution < -0.4 is 0 Å². The van der Waals surface area contributed by atoms with Crippen LogP contribution in [-0.2, 0) is 0 Å². The molecule has 0 aliphatic carbocycles. The highest BCUT2D eigenvalue weighted by atomic mass is 32.1. The van der Waals surface area contributed by atoms with Crippen LogP contribution in [0.2, 0.25) is 0 Å². The van der Waals surface area contributed by atoms with E-state index in [1.165, 1.54) is 0 Å². The summed E-state index contributed by atoms with van der Waals surface area (Å²) in [6.07, 6.45) is 7.35. The number of hydrogen-bond acceptors (Lipinski definition) is 2. The van der Waals surface area contributed by atoms with Gasteiger partial charge in [-0.1, -0.05) is 51.6 Å². The molecule has 0 aromatic carbocycles. The van der Waals surface area contributed by atoms with Crippen molar-refractivity contribution < 1.29 is 8.97 Å². The number of nitrogens with zero attached hydrogens (tertiary/aromatic N) is 2. The fraction of sp³-hybridized carbons (Fsp3) is 0.333. The summed E-state index contributed by atoms with van der Waals surface area (Å²) in [6, 6.07) is 0. The van der Waals surface area contributed by atoms with Crippen molar-refractivity contribution in [2.45, 2.75) is 0 Å². The summed E-state index contributed by atoms with van der Waals surface area (Å²) < 4.78 is 2.03. The third-order valence-corrected chi connectivity index (χ3v) is 4.89. The first-order chi connectivity index (χ1) is 9.84. The van der Waals surface area contributed by atoms with Crippen molar-refractivity contribution in [2.75, 3.05) is 32.8 Å². The van der Waals surface area contributed by atoms with Gasteiger partial charge in [0.25, 0.3) is 0 Å². The Balaban J connectivity index is 5.86. The van der Waals surface area contributed by atoms with Gasteiger partial charge in [-0.05, 0) is 48.7 Å². The van der Waals surface area contributed by atoms with Crippen LogP contribution in [0, 0.1) is 0 Å². The van der Waals surface area contributed by atoms with E-state index in [0.717, 1.165) is 0 Å². The van der Waals surface area contributed by atoms with Crippen LogP contribution in [0.4, 0.5) is 0 Å². The van der Waals surface area contributed by atoms with E-state index in [4.69, 9.17) is 24.4 Å². The van der Waals surface area contributed by atoms with Crippen LogP contribution >= 0.6 is 49.7 Å². The predicted molar refractivity (Wildman–Crippen MR) is 109 cm³/mol. The van der Waals surface area contributed by atoms with E-state index in [9.17, 15) is 0 Å². The molecule has 0 spiro atoms. The van der Waals surface area contributed by atoms with Gasteiger partial charge in [0.05, 0.1) is 0 Å². The van der Waals surface area contributed by atoms with Crippen molar-refractivity contribution in [3.05, 3.63) is 50.6 Å². The van der Waals surface area contributed by atoms with Gasteiger partial charge in [0.1, 0.15) is 26.2 Å². The van der Waals surface area contributed by atoms with E-state index in [-0.39, 0.29) is 0 Å². The normalized spacial score (nSPS) is 11.5. The Morgan fingerprint density at radius 2 is 0.952 bits per heavy atom. The Kier molecular flexibility index (Phi) is 9.60. The second-order valence-corrected chi connectivity index (χ2v) is 7.11. The lowest BCUT2D eigenvalue weighted by atomic mass is 10.3. The largest absolute Gasteiger partial charge is 0.235 e. The number of thiol groups is 2. The Labute approximate surface area is 150 Å². The van der Waals surface area contributed by atoms with Gasteiger partial charge in [0.15, 0.2) is 0 Å². The number of thiocarbonyl (C=S) groups is 2. The van der Waals surface area contributed by atoms with Crippen molar-refractivity contribution in [1.29, 1.82) is 0 Å². The molecule has 0 atom stereocenters. The SMILES string of the molecule is C=CC[N+](CC=C)(C[N+](CC=C)(CC=C)C(=S)S)C(=S)S. The first-order valence-electron chi connectivity index (χ1n) is 6.47. The van der Waals surface area contributed by atoms with Crippen LogP contribution in [-0.4, -0.2) is 50.5 Å². The van der Waals surface area contributed by atoms with Gasteiger partial charge >= 0.3 is 0 Å². The third-order valence-electron chi connectivity index (χ3n) is 3.27. The maximum atomic E-state index is 5.39. The Morgan fingerprint density at radius 3 is 1.10 bits per heavy atom. The minimum atomic E-state index is 0.438. The summed E-state index contributed by atoms with van der Waals surface area (Å²) in [7, 11) is 0. The predicted octanol–water partition coefficient (Wildman–Crippen LogP) is 3.75. The van der Waals surface area contributed by atoms with Crippen LogP contribution in [0.1, 0.15) is 0 Å². The highest BCUT2D eigenvalue weighted by Crippen LogP contribution is 2.22. The van der Waals surface area contributed by atoms with Crippen LogP contribution in [0.5, 0.6) is 0 Å². The summed E-state index contributed by atoms with van der Waals surface area (Å²) in [4.78, 5) is 0. The van der Waals surface area contributed by atoms with Gasteiger partial charge in [0.2, 0.25) is 15.3 Å². The van der Waals surface area contributed by atoms with Gasteiger partial charge in [-0.2, -0.15) is 0 Å². The molecule has 0 fully saturated rings. The molecule has 0 amide bonds. The highest BCUT2D eigenvalue weighted by Gasteiger charge is 2.42. The molecule has 116 valence electrons. The zero-order valence-electron chi connectivity index (χ0n) is 12.3. The molecule has 0 bridgehead atoms. The fourth-order valence-corrected chi connectivity index (χ4v) is 3.19. The monoisotopic (exact) mass is 360 g/mol. The van der Waals surface area contributed by atoms with Gasteiger partial charge in [-0.15, -0.1) is 0 Å². The quantitative estimate of drug-likeness (QED) is 0.200. The lowest BCUT2D eigenvalue weighted by Crippen LogP contribution is -2.65. The summed E-state index contributed by atoms with van der Waals surface area (Å²) in [6.45, 7) is 18.6. The molecule has 0 N–H and O–H groups in total. The Morgan fingerprint density at radius 1 is 0.714 bits per heavy atom. The standard InChI is InChI=1S/C15H22N2S4/c1-5-9-16(10-6-2,14(18)19)13-17(11-7-3,12-8-4)15(20)21/h5-8H,1-4,9-13H2/p+2. The first kappa shape index (κ1) is 20.8. The number of quaternary nitrogens is 2. The van der Waals surface area contributed by atoms with E-state index < -0.39 is 0 Å². The molecule has 0 aromatic heterocycles. The minimum Gasteiger partial charge on any atom is -0.223 e. The smallest absolute Gasteiger partial charge is 0.223 e. The van der Waals surface area contributed by atoms with Crippen molar-refractivity contribution in [3.63, 3.8) is 0 Å². The van der Waals surface area contributed by atoms with Crippen molar-refractivity contribution >= 4 is 58.3 Å². The molecule has 0 rings (SSSR count). The van der Waals surface area contributed by atoms with Crippen LogP contribution in [0.25, 0.3) is 0 Å². The molecule has 0 aromatic rings. The molecule has 0 saturated heterocycles. The average molecular weight is 361 g/mol. The summed E-state index contributed by atoms with van der Waals surface area (Å²) in [5.74, 6) is 0. The summed E-state index contributed by atoms with van der Waals surface area (Å²) in [5.41, 5.74) is 0. The molecule has 6 heteroatoms. The van der Waals surface area contributed by atoms with Gasteiger partial charge in [0, 0.05) is 0 Å². The molecule has 0 unspecified atom stereocenters. The average Bonchev–Trinajstić information content (AvgIpc) is 2.39. The van der Waals surface area contributed by atoms with E-state index in [1.807, 2.05) is 24.3 Å². The number of hydrogen-bond donors (Lipinski definition) is 2. The summed E-state index contributed by atoms with van der Waals surface area (Å²) in [5, 5.41) is 0. The molecule has 0 radical (unpaired) electrons. The second-order valence-electron chi connectivity index (χ2n) is 4.88. The Hall–Kier alpha value is -0.240. The second kappa shape index (κ2) is 9.71. The molecular weight excluding hydrogens is 336 g/mol. The van der Waals surface area contributed by atoms with Crippen molar-refractivity contribution in [1.82, 2.24) is 0 Å². The van der Waals surface area contributed by atoms with Gasteiger partial charge in [-0.3, -0.25) is 0 Å². The van der Waals surface area contributed by atoms with E-state index in [1.54, 1.807) is 0 Å². The topological polar surface area (TPSA) is 0 Å². The lowest BCUT2D eigenvalue weighted by molar-refractivity contribution is -1.01. The fourth-order valence-electron chi connectivity index (χ4n) is 2.32. The molecule has 2 nitrogen and oxygen atoms in total. The summed E-state index contributed by atoms with van der Waals surface area (Å²) >= 11 is 19.7. The zero-order valence-corrected chi connectivity index (χ0v) is 15.7. The zero-order chi connectivity index (χ0) is 16.5. The van der Waals surface area contributed by atoms with Gasteiger partial charge in [-0.25, -0.2) is 8.97 Å². The van der Waals surface area contributed by atoms with Crippen molar-refractivity contribution in [3.8, 4) is 0 Å². The maximum absolute atomic E-state index is 5.39. The number of rotatable bonds is 10. The van der Waals surface area contributed by atoms with E-state index >= 15 is 0 Å². The molecule has 0 heterocycles. The molecule has 0 saturated carbocycles. The maximum Gasteiger partial charge on any atom is 0.235 e.